The number of hydrogen-bond acceptors (Lipinski definition) is 6. The highest BCUT2D eigenvalue weighted by atomic mass is 35.5. The van der Waals surface area contributed by atoms with Gasteiger partial charge in [-0.3, -0.25) is 14.9 Å². The number of nitrogens with zero attached hydrogens (tertiary/aromatic N) is 2. The maximum Gasteiger partial charge on any atom is 0.270 e. The van der Waals surface area contributed by atoms with E-state index in [0.29, 0.717) is 31.5 Å². The molecule has 8 nitrogen and oxygen atoms in total. The molecule has 1 aromatic carbocycles. The third-order valence-electron chi connectivity index (χ3n) is 4.43. The summed E-state index contributed by atoms with van der Waals surface area (Å²) >= 11 is 0. The summed E-state index contributed by atoms with van der Waals surface area (Å²) in [5, 5.41) is 26.6. The summed E-state index contributed by atoms with van der Waals surface area (Å²) < 4.78 is 0. The van der Waals surface area contributed by atoms with Gasteiger partial charge in [0, 0.05) is 18.7 Å². The molecule has 0 spiro atoms. The standard InChI is InChI=1S/C17H23N5O3.ClH/c1-11(2)7-15(19)16(23)21-17(5-6-20-10-17)14-4-3-13(22(24)25)8-12(14)9-18;/h3-4,8,11,15,20H,5-7,10,19H2,1-2H3,(H,21,23);1H/t15-,17+;/m0./s1. The molecule has 26 heavy (non-hydrogen) atoms. The molecule has 2 atom stereocenters. The lowest BCUT2D eigenvalue weighted by atomic mass is 9.85. The summed E-state index contributed by atoms with van der Waals surface area (Å²) in [6.07, 6.45) is 1.14. The summed E-state index contributed by atoms with van der Waals surface area (Å²) in [6, 6.07) is 5.53. The predicted molar refractivity (Wildman–Crippen MR) is 99.8 cm³/mol. The average Bonchev–Trinajstić information content (AvgIpc) is 3.02. The molecule has 142 valence electrons. The van der Waals surface area contributed by atoms with Crippen LogP contribution in [0.4, 0.5) is 5.69 Å². The van der Waals surface area contributed by atoms with Gasteiger partial charge in [-0.25, -0.2) is 0 Å². The highest BCUT2D eigenvalue weighted by Gasteiger charge is 2.40. The fraction of sp³-hybridized carbons (Fsp3) is 0.529. The number of rotatable bonds is 6. The van der Waals surface area contributed by atoms with Gasteiger partial charge in [0.05, 0.1) is 28.1 Å². The second-order valence-electron chi connectivity index (χ2n) is 6.83. The Kier molecular flexibility index (Phi) is 7.51. The van der Waals surface area contributed by atoms with E-state index in [4.69, 9.17) is 5.73 Å². The van der Waals surface area contributed by atoms with E-state index in [1.807, 2.05) is 19.9 Å². The number of carbonyl (C=O) groups is 1. The number of hydrogen-bond donors (Lipinski definition) is 3. The third-order valence-corrected chi connectivity index (χ3v) is 4.43. The molecular formula is C17H24ClN5O3. The summed E-state index contributed by atoms with van der Waals surface area (Å²) in [6.45, 7) is 5.09. The molecule has 1 aliphatic rings. The molecule has 1 aromatic rings. The van der Waals surface area contributed by atoms with Crippen LogP contribution in [0.5, 0.6) is 0 Å². The Labute approximate surface area is 158 Å². The zero-order valence-electron chi connectivity index (χ0n) is 14.8. The minimum atomic E-state index is -0.786. The van der Waals surface area contributed by atoms with Gasteiger partial charge in [-0.1, -0.05) is 13.8 Å². The number of nitro groups is 1. The number of nitriles is 1. The van der Waals surface area contributed by atoms with E-state index < -0.39 is 16.5 Å². The minimum Gasteiger partial charge on any atom is -0.344 e. The number of nitrogens with two attached hydrogens (primary N) is 1. The van der Waals surface area contributed by atoms with Crippen molar-refractivity contribution in [1.29, 1.82) is 5.26 Å². The Bertz CT molecular complexity index is 711. The zero-order chi connectivity index (χ0) is 18.6. The molecule has 0 unspecified atom stereocenters. The minimum absolute atomic E-state index is 0. The van der Waals surface area contributed by atoms with Crippen molar-refractivity contribution in [3.63, 3.8) is 0 Å². The van der Waals surface area contributed by atoms with Gasteiger partial charge in [-0.05, 0) is 36.9 Å². The lowest BCUT2D eigenvalue weighted by Crippen LogP contribution is -2.53. The van der Waals surface area contributed by atoms with Gasteiger partial charge in [0.25, 0.3) is 5.69 Å². The van der Waals surface area contributed by atoms with Crippen LogP contribution < -0.4 is 16.4 Å². The quantitative estimate of drug-likeness (QED) is 0.505. The molecule has 0 saturated carbocycles. The van der Waals surface area contributed by atoms with Crippen molar-refractivity contribution in [3.05, 3.63) is 39.4 Å². The van der Waals surface area contributed by atoms with E-state index in [2.05, 4.69) is 10.6 Å². The first-order valence-corrected chi connectivity index (χ1v) is 8.26. The molecule has 1 heterocycles. The first kappa shape index (κ1) is 21.8. The van der Waals surface area contributed by atoms with Crippen LogP contribution in [0.1, 0.15) is 37.8 Å². The number of amides is 1. The van der Waals surface area contributed by atoms with Crippen molar-refractivity contribution >= 4 is 24.0 Å². The number of halogens is 1. The van der Waals surface area contributed by atoms with Crippen molar-refractivity contribution in [2.24, 2.45) is 11.7 Å². The zero-order valence-corrected chi connectivity index (χ0v) is 15.6. The van der Waals surface area contributed by atoms with Crippen LogP contribution in [0.25, 0.3) is 0 Å². The third kappa shape index (κ3) is 4.69. The van der Waals surface area contributed by atoms with Crippen molar-refractivity contribution in [1.82, 2.24) is 10.6 Å². The van der Waals surface area contributed by atoms with E-state index in [1.54, 1.807) is 6.07 Å². The lowest BCUT2D eigenvalue weighted by molar-refractivity contribution is -0.384. The van der Waals surface area contributed by atoms with Crippen molar-refractivity contribution < 1.29 is 9.72 Å². The molecule has 4 N–H and O–H groups in total. The Morgan fingerprint density at radius 2 is 2.23 bits per heavy atom. The SMILES string of the molecule is CC(C)C[C@H](N)C(=O)N[C@]1(c2ccc([N+](=O)[O-])cc2C#N)CCNC1.Cl. The maximum atomic E-state index is 12.5. The molecule has 9 heteroatoms. The van der Waals surface area contributed by atoms with Gasteiger partial charge < -0.3 is 16.4 Å². The van der Waals surface area contributed by atoms with E-state index in [1.165, 1.54) is 12.1 Å². The van der Waals surface area contributed by atoms with Crippen LogP contribution in [0.15, 0.2) is 18.2 Å². The topological polar surface area (TPSA) is 134 Å². The van der Waals surface area contributed by atoms with Crippen LogP contribution in [-0.2, 0) is 10.3 Å². The molecule has 1 saturated heterocycles. The molecule has 1 amide bonds. The highest BCUT2D eigenvalue weighted by molar-refractivity contribution is 5.85. The van der Waals surface area contributed by atoms with Crippen molar-refractivity contribution in [2.75, 3.05) is 13.1 Å². The number of nitro benzene ring substituents is 1. The summed E-state index contributed by atoms with van der Waals surface area (Å²) in [4.78, 5) is 22.9. The first-order chi connectivity index (χ1) is 11.8. The van der Waals surface area contributed by atoms with Crippen molar-refractivity contribution in [3.8, 4) is 6.07 Å². The number of benzene rings is 1. The number of carbonyl (C=O) groups excluding carboxylic acids is 1. The van der Waals surface area contributed by atoms with Crippen LogP contribution in [-0.4, -0.2) is 30.0 Å². The monoisotopic (exact) mass is 381 g/mol. The van der Waals surface area contributed by atoms with Crippen LogP contribution in [0, 0.1) is 27.4 Å². The van der Waals surface area contributed by atoms with Gasteiger partial charge >= 0.3 is 0 Å². The molecule has 0 aliphatic carbocycles. The fourth-order valence-electron chi connectivity index (χ4n) is 3.19. The smallest absolute Gasteiger partial charge is 0.270 e. The summed E-state index contributed by atoms with van der Waals surface area (Å²) in [7, 11) is 0. The highest BCUT2D eigenvalue weighted by Crippen LogP contribution is 2.32. The average molecular weight is 382 g/mol. The molecule has 0 bridgehead atoms. The molecule has 2 rings (SSSR count). The van der Waals surface area contributed by atoms with Gasteiger partial charge in [0.2, 0.25) is 5.91 Å². The number of nitrogens with one attached hydrogen (secondary N) is 2. The molecule has 0 aromatic heterocycles. The lowest BCUT2D eigenvalue weighted by Gasteiger charge is -2.32. The Balaban J connectivity index is 0.00000338. The summed E-state index contributed by atoms with van der Waals surface area (Å²) in [5.74, 6) is 0.00656. The Morgan fingerprint density at radius 3 is 2.73 bits per heavy atom. The fourth-order valence-corrected chi connectivity index (χ4v) is 3.19. The molecule has 1 aliphatic heterocycles. The van der Waals surface area contributed by atoms with E-state index in [0.717, 1.165) is 0 Å². The van der Waals surface area contributed by atoms with Crippen molar-refractivity contribution in [2.45, 2.75) is 38.3 Å². The first-order valence-electron chi connectivity index (χ1n) is 8.26. The molecule has 0 radical (unpaired) electrons. The normalized spacial score (nSPS) is 20.1. The Morgan fingerprint density at radius 1 is 1.54 bits per heavy atom. The van der Waals surface area contributed by atoms with Crippen LogP contribution in [0.3, 0.4) is 0 Å². The second-order valence-corrected chi connectivity index (χ2v) is 6.83. The van der Waals surface area contributed by atoms with E-state index in [-0.39, 0.29) is 35.5 Å². The summed E-state index contributed by atoms with van der Waals surface area (Å²) in [5.41, 5.74) is 5.82. The van der Waals surface area contributed by atoms with Gasteiger partial charge in [0.1, 0.15) is 0 Å². The van der Waals surface area contributed by atoms with Crippen LogP contribution >= 0.6 is 12.4 Å². The van der Waals surface area contributed by atoms with Gasteiger partial charge in [-0.15, -0.1) is 12.4 Å². The predicted octanol–water partition coefficient (Wildman–Crippen LogP) is 1.57. The molecule has 1 fully saturated rings. The van der Waals surface area contributed by atoms with E-state index >= 15 is 0 Å². The largest absolute Gasteiger partial charge is 0.344 e. The molecular weight excluding hydrogens is 358 g/mol. The van der Waals surface area contributed by atoms with E-state index in [9.17, 15) is 20.2 Å². The van der Waals surface area contributed by atoms with Gasteiger partial charge in [0.15, 0.2) is 0 Å². The maximum absolute atomic E-state index is 12.5. The van der Waals surface area contributed by atoms with Crippen LogP contribution in [0.2, 0.25) is 0 Å². The number of non-ortho nitro benzene ring substituents is 1. The van der Waals surface area contributed by atoms with Gasteiger partial charge in [-0.2, -0.15) is 5.26 Å². The Hall–Kier alpha value is -2.21. The second kappa shape index (κ2) is 8.94.